The number of rotatable bonds is 5. The molecule has 3 nitrogen and oxygen atoms in total. The van der Waals surface area contributed by atoms with Crippen molar-refractivity contribution < 1.29 is 9.21 Å². The average Bonchev–Trinajstić information content (AvgIpc) is 2.64. The summed E-state index contributed by atoms with van der Waals surface area (Å²) in [6.45, 7) is 2.05. The van der Waals surface area contributed by atoms with Crippen LogP contribution in [0.15, 0.2) is 21.2 Å². The van der Waals surface area contributed by atoms with Gasteiger partial charge in [-0.2, -0.15) is 0 Å². The summed E-state index contributed by atoms with van der Waals surface area (Å²) in [5.41, 5.74) is 0. The van der Waals surface area contributed by atoms with E-state index in [-0.39, 0.29) is 11.9 Å². The highest BCUT2D eigenvalue weighted by atomic mass is 79.9. The summed E-state index contributed by atoms with van der Waals surface area (Å²) in [5, 5.41) is 3.80. The van der Waals surface area contributed by atoms with Crippen molar-refractivity contribution in [3.63, 3.8) is 0 Å². The second-order valence-corrected chi connectivity index (χ2v) is 4.73. The van der Waals surface area contributed by atoms with Crippen molar-refractivity contribution in [1.29, 1.82) is 0 Å². The minimum absolute atomic E-state index is 0.159. The van der Waals surface area contributed by atoms with Crippen molar-refractivity contribution in [2.45, 2.75) is 25.8 Å². The first kappa shape index (κ1) is 12.8. The predicted molar refractivity (Wildman–Crippen MR) is 66.4 cm³/mol. The van der Waals surface area contributed by atoms with E-state index in [2.05, 4.69) is 37.2 Å². The Labute approximate surface area is 106 Å². The topological polar surface area (TPSA) is 42.2 Å². The molecule has 5 heteroatoms. The fraction of sp³-hybridized carbons (Fsp3) is 0.500. The molecule has 1 aromatic heterocycles. The van der Waals surface area contributed by atoms with Crippen LogP contribution in [0.25, 0.3) is 0 Å². The van der Waals surface area contributed by atoms with Crippen molar-refractivity contribution in [2.24, 2.45) is 0 Å². The van der Waals surface area contributed by atoms with Gasteiger partial charge in [0.05, 0.1) is 0 Å². The molecule has 15 heavy (non-hydrogen) atoms. The molecule has 0 spiro atoms. The Bertz CT molecular complexity index is 325. The third-order valence-corrected chi connectivity index (χ3v) is 2.97. The molecule has 1 aromatic rings. The first-order valence-corrected chi connectivity index (χ1v) is 6.71. The third kappa shape index (κ3) is 3.99. The first-order chi connectivity index (χ1) is 7.17. The molecule has 1 amide bonds. The lowest BCUT2D eigenvalue weighted by molar-refractivity contribution is 0.0906. The second kappa shape index (κ2) is 6.33. The van der Waals surface area contributed by atoms with E-state index in [1.54, 1.807) is 12.1 Å². The summed E-state index contributed by atoms with van der Waals surface area (Å²) in [6.07, 6.45) is 1.84. The minimum Gasteiger partial charge on any atom is -0.444 e. The van der Waals surface area contributed by atoms with E-state index in [9.17, 15) is 4.79 Å². The molecule has 1 N–H and O–H groups in total. The minimum atomic E-state index is -0.159. The summed E-state index contributed by atoms with van der Waals surface area (Å²) < 4.78 is 5.73. The predicted octanol–water partition coefficient (Wildman–Crippen LogP) is 3.34. The second-order valence-electron chi connectivity index (χ2n) is 3.16. The molecule has 0 aliphatic heterocycles. The van der Waals surface area contributed by atoms with E-state index in [1.165, 1.54) is 0 Å². The van der Waals surface area contributed by atoms with Gasteiger partial charge in [0.25, 0.3) is 5.91 Å². The van der Waals surface area contributed by atoms with Gasteiger partial charge in [-0.25, -0.2) is 0 Å². The maximum atomic E-state index is 11.7. The van der Waals surface area contributed by atoms with Crippen molar-refractivity contribution in [3.05, 3.63) is 22.6 Å². The van der Waals surface area contributed by atoms with Gasteiger partial charge in [0.2, 0.25) is 0 Å². The van der Waals surface area contributed by atoms with Crippen molar-refractivity contribution >= 4 is 37.8 Å². The summed E-state index contributed by atoms with van der Waals surface area (Å²) in [7, 11) is 0. The lowest BCUT2D eigenvalue weighted by atomic mass is 10.2. The van der Waals surface area contributed by atoms with Gasteiger partial charge < -0.3 is 9.73 Å². The SMILES string of the molecule is CCC(CCBr)NC(=O)c1ccc(Br)o1. The molecule has 0 aliphatic carbocycles. The number of carbonyl (C=O) groups excluding carboxylic acids is 1. The lowest BCUT2D eigenvalue weighted by Crippen LogP contribution is -2.34. The largest absolute Gasteiger partial charge is 0.444 e. The van der Waals surface area contributed by atoms with Gasteiger partial charge in [-0.3, -0.25) is 4.79 Å². The number of hydrogen-bond acceptors (Lipinski definition) is 2. The lowest BCUT2D eigenvalue weighted by Gasteiger charge is -2.14. The quantitative estimate of drug-likeness (QED) is 0.837. The molecule has 1 rings (SSSR count). The van der Waals surface area contributed by atoms with Crippen LogP contribution in [0, 0.1) is 0 Å². The first-order valence-electron chi connectivity index (χ1n) is 4.79. The van der Waals surface area contributed by atoms with Crippen LogP contribution < -0.4 is 5.32 Å². The van der Waals surface area contributed by atoms with Crippen LogP contribution in [-0.2, 0) is 0 Å². The van der Waals surface area contributed by atoms with E-state index in [1.807, 2.05) is 6.92 Å². The number of amides is 1. The summed E-state index contributed by atoms with van der Waals surface area (Å²) in [4.78, 5) is 11.7. The number of alkyl halides is 1. The Morgan fingerprint density at radius 2 is 2.33 bits per heavy atom. The Morgan fingerprint density at radius 1 is 1.60 bits per heavy atom. The van der Waals surface area contributed by atoms with Gasteiger partial charge >= 0.3 is 0 Å². The molecule has 0 aliphatic rings. The highest BCUT2D eigenvalue weighted by Gasteiger charge is 2.14. The van der Waals surface area contributed by atoms with Crippen molar-refractivity contribution in [1.82, 2.24) is 5.32 Å². The number of carbonyl (C=O) groups is 1. The standard InChI is InChI=1S/C10H13Br2NO2/c1-2-7(5-6-11)13-10(14)8-3-4-9(12)15-8/h3-4,7H,2,5-6H2,1H3,(H,13,14). The smallest absolute Gasteiger partial charge is 0.287 e. The third-order valence-electron chi connectivity index (χ3n) is 2.08. The Morgan fingerprint density at radius 3 is 2.80 bits per heavy atom. The molecule has 0 saturated heterocycles. The zero-order valence-corrected chi connectivity index (χ0v) is 11.6. The summed E-state index contributed by atoms with van der Waals surface area (Å²) in [5.74, 6) is 0.184. The maximum Gasteiger partial charge on any atom is 0.287 e. The van der Waals surface area contributed by atoms with Crippen LogP contribution in [0.4, 0.5) is 0 Å². The van der Waals surface area contributed by atoms with Crippen LogP contribution >= 0.6 is 31.9 Å². The molecule has 0 fully saturated rings. The Balaban J connectivity index is 2.54. The van der Waals surface area contributed by atoms with E-state index in [0.717, 1.165) is 18.2 Å². The van der Waals surface area contributed by atoms with Crippen molar-refractivity contribution in [3.8, 4) is 0 Å². The molecular weight excluding hydrogens is 326 g/mol. The number of nitrogens with one attached hydrogen (secondary N) is 1. The van der Waals surface area contributed by atoms with E-state index in [4.69, 9.17) is 4.42 Å². The molecule has 0 aromatic carbocycles. The molecule has 1 heterocycles. The average molecular weight is 339 g/mol. The van der Waals surface area contributed by atoms with Crippen molar-refractivity contribution in [2.75, 3.05) is 5.33 Å². The van der Waals surface area contributed by atoms with E-state index in [0.29, 0.717) is 10.4 Å². The molecule has 0 bridgehead atoms. The van der Waals surface area contributed by atoms with Gasteiger partial charge in [-0.1, -0.05) is 22.9 Å². The Kier molecular flexibility index (Phi) is 5.39. The Hall–Kier alpha value is -0.290. The number of furan rings is 1. The molecule has 0 saturated carbocycles. The van der Waals surface area contributed by atoms with Crippen LogP contribution in [0.3, 0.4) is 0 Å². The summed E-state index contributed by atoms with van der Waals surface area (Å²) in [6, 6.07) is 3.56. The van der Waals surface area contributed by atoms with Gasteiger partial charge in [0.1, 0.15) is 0 Å². The highest BCUT2D eigenvalue weighted by Crippen LogP contribution is 2.14. The van der Waals surface area contributed by atoms with Gasteiger partial charge in [-0.05, 0) is 40.9 Å². The van der Waals surface area contributed by atoms with Crippen LogP contribution in [0.2, 0.25) is 0 Å². The zero-order valence-electron chi connectivity index (χ0n) is 8.43. The number of halogens is 2. The number of hydrogen-bond donors (Lipinski definition) is 1. The molecule has 1 unspecified atom stereocenters. The molecular formula is C10H13Br2NO2. The van der Waals surface area contributed by atoms with E-state index >= 15 is 0 Å². The van der Waals surface area contributed by atoms with Gasteiger partial charge in [0, 0.05) is 11.4 Å². The monoisotopic (exact) mass is 337 g/mol. The molecule has 84 valence electrons. The fourth-order valence-corrected chi connectivity index (χ4v) is 2.06. The van der Waals surface area contributed by atoms with E-state index < -0.39 is 0 Å². The maximum absolute atomic E-state index is 11.7. The molecule has 0 radical (unpaired) electrons. The highest BCUT2D eigenvalue weighted by molar-refractivity contribution is 9.10. The van der Waals surface area contributed by atoms with Gasteiger partial charge in [0.15, 0.2) is 10.4 Å². The zero-order chi connectivity index (χ0) is 11.3. The van der Waals surface area contributed by atoms with Crippen LogP contribution in [0.5, 0.6) is 0 Å². The van der Waals surface area contributed by atoms with Crippen LogP contribution in [0.1, 0.15) is 30.3 Å². The summed E-state index contributed by atoms with van der Waals surface area (Å²) >= 11 is 6.52. The van der Waals surface area contributed by atoms with Gasteiger partial charge in [-0.15, -0.1) is 0 Å². The normalized spacial score (nSPS) is 12.5. The van der Waals surface area contributed by atoms with Crippen LogP contribution in [-0.4, -0.2) is 17.3 Å². The molecule has 1 atom stereocenters. The fourth-order valence-electron chi connectivity index (χ4n) is 1.20.